The number of halogens is 1. The van der Waals surface area contributed by atoms with Crippen LogP contribution in [-0.2, 0) is 0 Å². The van der Waals surface area contributed by atoms with Gasteiger partial charge in [0, 0.05) is 5.56 Å². The molecular weight excluding hydrogens is 223 g/mol. The van der Waals surface area contributed by atoms with Crippen molar-refractivity contribution in [3.63, 3.8) is 0 Å². The minimum atomic E-state index is -0.472. The first-order valence-corrected chi connectivity index (χ1v) is 5.31. The van der Waals surface area contributed by atoms with Gasteiger partial charge in [-0.05, 0) is 31.0 Å². The second-order valence-electron chi connectivity index (χ2n) is 3.70. The average molecular weight is 234 g/mol. The van der Waals surface area contributed by atoms with Crippen LogP contribution in [0.15, 0.2) is 24.5 Å². The fourth-order valence-corrected chi connectivity index (χ4v) is 1.64. The predicted octanol–water partition coefficient (Wildman–Crippen LogP) is 3.56. The summed E-state index contributed by atoms with van der Waals surface area (Å²) in [7, 11) is 0. The van der Waals surface area contributed by atoms with Gasteiger partial charge in [-0.2, -0.15) is 0 Å². The molecule has 1 aromatic heterocycles. The molecule has 0 amide bonds. The SMILES string of the molecule is Cc1ccc(-c2[nH]cnc(=S)c2F)cc1C. The summed E-state index contributed by atoms with van der Waals surface area (Å²) >= 11 is 4.79. The van der Waals surface area contributed by atoms with E-state index in [0.717, 1.165) is 11.1 Å². The maximum absolute atomic E-state index is 13.7. The van der Waals surface area contributed by atoms with E-state index in [1.54, 1.807) is 0 Å². The molecule has 1 heterocycles. The molecule has 0 bridgehead atoms. The van der Waals surface area contributed by atoms with E-state index in [2.05, 4.69) is 9.97 Å². The zero-order valence-electron chi connectivity index (χ0n) is 9.04. The van der Waals surface area contributed by atoms with Gasteiger partial charge in [-0.3, -0.25) is 0 Å². The van der Waals surface area contributed by atoms with Crippen LogP contribution >= 0.6 is 12.2 Å². The molecule has 0 saturated heterocycles. The lowest BCUT2D eigenvalue weighted by atomic mass is 10.0. The molecule has 82 valence electrons. The quantitative estimate of drug-likeness (QED) is 0.764. The minimum Gasteiger partial charge on any atom is -0.343 e. The van der Waals surface area contributed by atoms with E-state index < -0.39 is 5.82 Å². The highest BCUT2D eigenvalue weighted by molar-refractivity contribution is 7.71. The third-order valence-corrected chi connectivity index (χ3v) is 2.88. The second kappa shape index (κ2) is 4.14. The molecule has 16 heavy (non-hydrogen) atoms. The molecule has 0 fully saturated rings. The normalized spacial score (nSPS) is 10.4. The first-order valence-electron chi connectivity index (χ1n) is 4.90. The first kappa shape index (κ1) is 11.0. The lowest BCUT2D eigenvalue weighted by molar-refractivity contribution is 0.613. The summed E-state index contributed by atoms with van der Waals surface area (Å²) in [6.07, 6.45) is 1.41. The Labute approximate surface area is 98.2 Å². The number of aromatic nitrogens is 2. The average Bonchev–Trinajstić information content (AvgIpc) is 2.26. The maximum atomic E-state index is 13.7. The number of aryl methyl sites for hydroxylation is 2. The summed E-state index contributed by atoms with van der Waals surface area (Å²) in [6, 6.07) is 5.76. The topological polar surface area (TPSA) is 28.7 Å². The highest BCUT2D eigenvalue weighted by Gasteiger charge is 2.07. The molecule has 0 spiro atoms. The van der Waals surface area contributed by atoms with Crippen LogP contribution in [0.25, 0.3) is 11.3 Å². The van der Waals surface area contributed by atoms with Gasteiger partial charge in [-0.15, -0.1) is 0 Å². The second-order valence-corrected chi connectivity index (χ2v) is 4.08. The van der Waals surface area contributed by atoms with Crippen molar-refractivity contribution < 1.29 is 4.39 Å². The van der Waals surface area contributed by atoms with Crippen LogP contribution < -0.4 is 0 Å². The van der Waals surface area contributed by atoms with Crippen LogP contribution in [0, 0.1) is 24.3 Å². The van der Waals surface area contributed by atoms with Crippen molar-refractivity contribution in [3.05, 3.63) is 46.1 Å². The third-order valence-electron chi connectivity index (χ3n) is 2.59. The molecule has 0 aliphatic rings. The Morgan fingerprint density at radius 3 is 2.69 bits per heavy atom. The molecule has 2 rings (SSSR count). The van der Waals surface area contributed by atoms with Gasteiger partial charge < -0.3 is 4.98 Å². The molecule has 4 heteroatoms. The Morgan fingerprint density at radius 2 is 2.00 bits per heavy atom. The third kappa shape index (κ3) is 1.88. The lowest BCUT2D eigenvalue weighted by Gasteiger charge is -2.06. The molecule has 0 saturated carbocycles. The van der Waals surface area contributed by atoms with Crippen LogP contribution in [0.4, 0.5) is 4.39 Å². The fourth-order valence-electron chi connectivity index (χ4n) is 1.49. The molecule has 1 aromatic carbocycles. The van der Waals surface area contributed by atoms with Gasteiger partial charge >= 0.3 is 0 Å². The van der Waals surface area contributed by atoms with E-state index >= 15 is 0 Å². The first-order chi connectivity index (χ1) is 7.59. The van der Waals surface area contributed by atoms with Crippen molar-refractivity contribution in [1.29, 1.82) is 0 Å². The van der Waals surface area contributed by atoms with Crippen molar-refractivity contribution in [2.75, 3.05) is 0 Å². The van der Waals surface area contributed by atoms with E-state index in [1.165, 1.54) is 11.9 Å². The van der Waals surface area contributed by atoms with Crippen molar-refractivity contribution in [1.82, 2.24) is 9.97 Å². The summed E-state index contributed by atoms with van der Waals surface area (Å²) in [5.41, 5.74) is 3.47. The molecule has 0 aliphatic carbocycles. The molecule has 0 aliphatic heterocycles. The summed E-state index contributed by atoms with van der Waals surface area (Å²) in [5.74, 6) is -0.472. The van der Waals surface area contributed by atoms with Gasteiger partial charge in [0.15, 0.2) is 10.5 Å². The highest BCUT2D eigenvalue weighted by atomic mass is 32.1. The monoisotopic (exact) mass is 234 g/mol. The summed E-state index contributed by atoms with van der Waals surface area (Å²) in [4.78, 5) is 6.48. The lowest BCUT2D eigenvalue weighted by Crippen LogP contribution is -1.93. The van der Waals surface area contributed by atoms with Crippen molar-refractivity contribution in [2.24, 2.45) is 0 Å². The van der Waals surface area contributed by atoms with E-state index in [4.69, 9.17) is 12.2 Å². The number of hydrogen-bond acceptors (Lipinski definition) is 2. The summed E-state index contributed by atoms with van der Waals surface area (Å²) in [5, 5.41) is 0. The van der Waals surface area contributed by atoms with Gasteiger partial charge in [-0.25, -0.2) is 9.37 Å². The van der Waals surface area contributed by atoms with E-state index in [-0.39, 0.29) is 4.64 Å². The number of benzene rings is 1. The zero-order valence-corrected chi connectivity index (χ0v) is 9.86. The van der Waals surface area contributed by atoms with Gasteiger partial charge in [0.1, 0.15) is 0 Å². The highest BCUT2D eigenvalue weighted by Crippen LogP contribution is 2.22. The van der Waals surface area contributed by atoms with Crippen LogP contribution in [0.2, 0.25) is 0 Å². The Bertz CT molecular complexity index is 590. The number of nitrogens with zero attached hydrogens (tertiary/aromatic N) is 1. The Hall–Kier alpha value is -1.55. The molecular formula is C12H11FN2S. The summed E-state index contributed by atoms with van der Waals surface area (Å²) < 4.78 is 13.7. The minimum absolute atomic E-state index is 0.00743. The maximum Gasteiger partial charge on any atom is 0.183 e. The Kier molecular flexibility index (Phi) is 2.83. The molecule has 0 atom stereocenters. The number of nitrogens with one attached hydrogen (secondary N) is 1. The predicted molar refractivity (Wildman–Crippen MR) is 64.3 cm³/mol. The Balaban J connectivity index is 2.63. The Morgan fingerprint density at radius 1 is 1.25 bits per heavy atom. The standard InChI is InChI=1S/C12H11FN2S/c1-7-3-4-9(5-8(7)2)11-10(13)12(16)15-6-14-11/h3-6H,1-2H3,(H,14,15,16). The number of H-pyrrole nitrogens is 1. The van der Waals surface area contributed by atoms with Crippen LogP contribution in [-0.4, -0.2) is 9.97 Å². The van der Waals surface area contributed by atoms with Crippen LogP contribution in [0.5, 0.6) is 0 Å². The van der Waals surface area contributed by atoms with Crippen LogP contribution in [0.3, 0.4) is 0 Å². The molecule has 2 nitrogen and oxygen atoms in total. The fraction of sp³-hybridized carbons (Fsp3) is 0.167. The smallest absolute Gasteiger partial charge is 0.183 e. The number of aromatic amines is 1. The van der Waals surface area contributed by atoms with Crippen molar-refractivity contribution in [2.45, 2.75) is 13.8 Å². The largest absolute Gasteiger partial charge is 0.343 e. The molecule has 0 unspecified atom stereocenters. The number of hydrogen-bond donors (Lipinski definition) is 1. The van der Waals surface area contributed by atoms with Crippen LogP contribution in [0.1, 0.15) is 11.1 Å². The van der Waals surface area contributed by atoms with Crippen molar-refractivity contribution in [3.8, 4) is 11.3 Å². The number of rotatable bonds is 1. The zero-order chi connectivity index (χ0) is 11.7. The van der Waals surface area contributed by atoms with Gasteiger partial charge in [0.25, 0.3) is 0 Å². The summed E-state index contributed by atoms with van der Waals surface area (Å²) in [6.45, 7) is 4.01. The molecule has 1 N–H and O–H groups in total. The van der Waals surface area contributed by atoms with Gasteiger partial charge in [-0.1, -0.05) is 24.4 Å². The van der Waals surface area contributed by atoms with Crippen molar-refractivity contribution >= 4 is 12.2 Å². The van der Waals surface area contributed by atoms with Gasteiger partial charge in [0.2, 0.25) is 0 Å². The molecule has 2 aromatic rings. The van der Waals surface area contributed by atoms with E-state index in [9.17, 15) is 4.39 Å². The van der Waals surface area contributed by atoms with E-state index in [0.29, 0.717) is 5.69 Å². The molecule has 0 radical (unpaired) electrons. The van der Waals surface area contributed by atoms with Gasteiger partial charge in [0.05, 0.1) is 12.0 Å². The van der Waals surface area contributed by atoms with E-state index in [1.807, 2.05) is 32.0 Å².